The molecule has 4 aliphatic rings. The highest BCUT2D eigenvalue weighted by atomic mass is 16.2. The lowest BCUT2D eigenvalue weighted by Gasteiger charge is -2.29. The number of benzene rings is 2. The van der Waals surface area contributed by atoms with Crippen molar-refractivity contribution in [2.75, 3.05) is 16.8 Å². The first-order chi connectivity index (χ1) is 16.0. The van der Waals surface area contributed by atoms with E-state index in [9.17, 15) is 19.2 Å². The summed E-state index contributed by atoms with van der Waals surface area (Å²) in [6, 6.07) is 10.8. The highest BCUT2D eigenvalue weighted by Crippen LogP contribution is 2.42. The van der Waals surface area contributed by atoms with Crippen LogP contribution in [0.25, 0.3) is 0 Å². The Morgan fingerprint density at radius 3 is 2.61 bits per heavy atom. The summed E-state index contributed by atoms with van der Waals surface area (Å²) in [6.45, 7) is 0.919. The van der Waals surface area contributed by atoms with Crippen LogP contribution in [0.4, 0.5) is 16.2 Å². The number of imide groups is 1. The Labute approximate surface area is 190 Å². The monoisotopic (exact) mass is 444 g/mol. The van der Waals surface area contributed by atoms with Crippen molar-refractivity contribution < 1.29 is 19.2 Å². The van der Waals surface area contributed by atoms with E-state index in [-0.39, 0.29) is 30.8 Å². The molecule has 0 aromatic heterocycles. The lowest BCUT2D eigenvalue weighted by molar-refractivity contribution is -0.136. The van der Waals surface area contributed by atoms with Crippen LogP contribution in [0, 0.1) is 0 Å². The van der Waals surface area contributed by atoms with Crippen molar-refractivity contribution >= 4 is 35.1 Å². The van der Waals surface area contributed by atoms with E-state index in [4.69, 9.17) is 0 Å². The number of nitrogens with zero attached hydrogens (tertiary/aromatic N) is 2. The molecule has 1 saturated heterocycles. The van der Waals surface area contributed by atoms with Gasteiger partial charge in [0, 0.05) is 36.4 Å². The summed E-state index contributed by atoms with van der Waals surface area (Å²) in [7, 11) is 0. The molecule has 33 heavy (non-hydrogen) atoms. The lowest BCUT2D eigenvalue weighted by Crippen LogP contribution is -2.52. The predicted octanol–water partition coefficient (Wildman–Crippen LogP) is 2.92. The molecule has 2 aromatic rings. The number of hydrogen-bond acceptors (Lipinski definition) is 4. The van der Waals surface area contributed by atoms with Crippen LogP contribution in [0.1, 0.15) is 58.6 Å². The van der Waals surface area contributed by atoms with E-state index in [0.717, 1.165) is 17.7 Å². The molecule has 2 aromatic carbocycles. The molecule has 8 heteroatoms. The first-order valence-corrected chi connectivity index (χ1v) is 11.5. The molecule has 2 N–H and O–H groups in total. The van der Waals surface area contributed by atoms with Gasteiger partial charge in [-0.15, -0.1) is 0 Å². The molecule has 8 nitrogen and oxygen atoms in total. The van der Waals surface area contributed by atoms with Crippen molar-refractivity contribution in [1.82, 2.24) is 10.2 Å². The highest BCUT2D eigenvalue weighted by molar-refractivity contribution is 6.06. The Kier molecular flexibility index (Phi) is 4.50. The average Bonchev–Trinajstić information content (AvgIpc) is 3.48. The molecule has 0 radical (unpaired) electrons. The average molecular weight is 444 g/mol. The Morgan fingerprint density at radius 1 is 0.970 bits per heavy atom. The zero-order valence-corrected chi connectivity index (χ0v) is 18.1. The van der Waals surface area contributed by atoms with E-state index in [1.165, 1.54) is 28.9 Å². The van der Waals surface area contributed by atoms with Crippen LogP contribution in [-0.2, 0) is 22.6 Å². The number of carbonyl (C=O) groups is 4. The van der Waals surface area contributed by atoms with Crippen LogP contribution >= 0.6 is 0 Å². The van der Waals surface area contributed by atoms with Crippen molar-refractivity contribution in [3.63, 3.8) is 0 Å². The summed E-state index contributed by atoms with van der Waals surface area (Å²) in [4.78, 5) is 52.8. The molecule has 1 unspecified atom stereocenters. The first kappa shape index (κ1) is 20.0. The van der Waals surface area contributed by atoms with Gasteiger partial charge < -0.3 is 10.2 Å². The summed E-state index contributed by atoms with van der Waals surface area (Å²) < 4.78 is 0. The number of fused-ring (bicyclic) bond motifs is 2. The molecule has 3 heterocycles. The second-order valence-corrected chi connectivity index (χ2v) is 9.27. The number of urea groups is 1. The second-order valence-electron chi connectivity index (χ2n) is 9.27. The Hall–Kier alpha value is -3.68. The van der Waals surface area contributed by atoms with Gasteiger partial charge in [-0.3, -0.25) is 24.6 Å². The number of nitrogens with one attached hydrogen (secondary N) is 2. The summed E-state index contributed by atoms with van der Waals surface area (Å²) in [6.07, 6.45) is 3.90. The zero-order valence-electron chi connectivity index (χ0n) is 18.1. The molecule has 168 valence electrons. The Morgan fingerprint density at radius 2 is 1.82 bits per heavy atom. The van der Waals surface area contributed by atoms with Crippen molar-refractivity contribution in [2.45, 2.75) is 50.6 Å². The van der Waals surface area contributed by atoms with Gasteiger partial charge >= 0.3 is 6.03 Å². The van der Waals surface area contributed by atoms with Gasteiger partial charge in [-0.05, 0) is 72.6 Å². The quantitative estimate of drug-likeness (QED) is 0.711. The maximum absolute atomic E-state index is 13.0. The molecule has 1 saturated carbocycles. The number of carbonyl (C=O) groups excluding carboxylic acids is 4. The summed E-state index contributed by atoms with van der Waals surface area (Å²) in [5, 5.41) is 5.27. The molecule has 5 amide bonds. The Bertz CT molecular complexity index is 1220. The van der Waals surface area contributed by atoms with Crippen LogP contribution in [0.15, 0.2) is 36.4 Å². The SMILES string of the molecule is O=C1CCC(N2Cc3cc(NC(=O)N4CCc5cc(C6CC6)ccc54)ccc3C2=O)C(=O)N1. The van der Waals surface area contributed by atoms with E-state index in [1.807, 2.05) is 0 Å². The van der Waals surface area contributed by atoms with E-state index in [2.05, 4.69) is 28.8 Å². The van der Waals surface area contributed by atoms with Crippen LogP contribution < -0.4 is 15.5 Å². The number of rotatable bonds is 3. The first-order valence-electron chi connectivity index (χ1n) is 11.5. The number of amides is 5. The van der Waals surface area contributed by atoms with E-state index in [1.54, 1.807) is 23.1 Å². The fourth-order valence-corrected chi connectivity index (χ4v) is 5.15. The zero-order chi connectivity index (χ0) is 22.7. The van der Waals surface area contributed by atoms with Crippen molar-refractivity contribution in [3.8, 4) is 0 Å². The fraction of sp³-hybridized carbons (Fsp3) is 0.360. The molecule has 1 aliphatic carbocycles. The summed E-state index contributed by atoms with van der Waals surface area (Å²) in [5.74, 6) is -0.277. The molecule has 3 aliphatic heterocycles. The maximum atomic E-state index is 13.0. The van der Waals surface area contributed by atoms with Crippen LogP contribution in [0.5, 0.6) is 0 Å². The standard InChI is InChI=1S/C25H24N4O4/c30-22-8-7-21(23(31)27-22)29-13-17-12-18(4-5-19(17)24(29)32)26-25(33)28-10-9-16-11-15(14-1-2-14)3-6-20(16)28/h3-6,11-12,14,21H,1-2,7-10,13H2,(H,26,33)(H,27,30,31). The van der Waals surface area contributed by atoms with Crippen LogP contribution in [0.3, 0.4) is 0 Å². The van der Waals surface area contributed by atoms with Crippen LogP contribution in [-0.4, -0.2) is 41.2 Å². The normalized spacial score (nSPS) is 21.7. The van der Waals surface area contributed by atoms with Gasteiger partial charge in [-0.2, -0.15) is 0 Å². The predicted molar refractivity (Wildman–Crippen MR) is 121 cm³/mol. The van der Waals surface area contributed by atoms with Crippen molar-refractivity contribution in [1.29, 1.82) is 0 Å². The summed E-state index contributed by atoms with van der Waals surface area (Å²) >= 11 is 0. The molecular weight excluding hydrogens is 420 g/mol. The molecular formula is C25H24N4O4. The summed E-state index contributed by atoms with van der Waals surface area (Å²) in [5.41, 5.74) is 5.45. The largest absolute Gasteiger partial charge is 0.326 e. The van der Waals surface area contributed by atoms with E-state index in [0.29, 0.717) is 30.1 Å². The van der Waals surface area contributed by atoms with Gasteiger partial charge in [0.2, 0.25) is 11.8 Å². The third-order valence-electron chi connectivity index (χ3n) is 7.07. The minimum absolute atomic E-state index is 0.195. The van der Waals surface area contributed by atoms with Gasteiger partial charge in [-0.25, -0.2) is 4.79 Å². The van der Waals surface area contributed by atoms with E-state index >= 15 is 0 Å². The maximum Gasteiger partial charge on any atom is 0.326 e. The Balaban J connectivity index is 1.17. The van der Waals surface area contributed by atoms with Crippen molar-refractivity contribution in [3.05, 3.63) is 58.7 Å². The third-order valence-corrected chi connectivity index (χ3v) is 7.07. The molecule has 1 atom stereocenters. The van der Waals surface area contributed by atoms with Gasteiger partial charge in [0.05, 0.1) is 0 Å². The topological polar surface area (TPSA) is 98.8 Å². The third kappa shape index (κ3) is 3.46. The minimum atomic E-state index is -0.651. The molecule has 0 spiro atoms. The highest BCUT2D eigenvalue weighted by Gasteiger charge is 2.39. The number of piperidine rings is 1. The van der Waals surface area contributed by atoms with Crippen molar-refractivity contribution in [2.24, 2.45) is 0 Å². The smallest absolute Gasteiger partial charge is 0.322 e. The van der Waals surface area contributed by atoms with Gasteiger partial charge in [0.1, 0.15) is 6.04 Å². The molecule has 0 bridgehead atoms. The molecule has 6 rings (SSSR count). The van der Waals surface area contributed by atoms with Gasteiger partial charge in [0.25, 0.3) is 5.91 Å². The van der Waals surface area contributed by atoms with E-state index < -0.39 is 11.9 Å². The van der Waals surface area contributed by atoms with Crippen LogP contribution in [0.2, 0.25) is 0 Å². The van der Waals surface area contributed by atoms with Gasteiger partial charge in [-0.1, -0.05) is 12.1 Å². The molecule has 2 fully saturated rings. The van der Waals surface area contributed by atoms with Gasteiger partial charge in [0.15, 0.2) is 0 Å². The second kappa shape index (κ2) is 7.43. The number of hydrogen-bond donors (Lipinski definition) is 2. The lowest BCUT2D eigenvalue weighted by atomic mass is 10.0. The fourth-order valence-electron chi connectivity index (χ4n) is 5.15. The number of anilines is 2. The minimum Gasteiger partial charge on any atom is -0.322 e.